The Morgan fingerprint density at radius 2 is 1.62 bits per heavy atom. The van der Waals surface area contributed by atoms with Crippen LogP contribution >= 0.6 is 11.6 Å². The third-order valence-corrected chi connectivity index (χ3v) is 8.40. The second-order valence-electron chi connectivity index (χ2n) is 8.61. The summed E-state index contributed by atoms with van der Waals surface area (Å²) in [6.07, 6.45) is -3.03. The first-order valence-corrected chi connectivity index (χ1v) is 13.3. The van der Waals surface area contributed by atoms with Gasteiger partial charge in [0.25, 0.3) is 0 Å². The Bertz CT molecular complexity index is 1540. The zero-order valence-corrected chi connectivity index (χ0v) is 21.0. The van der Waals surface area contributed by atoms with Crippen molar-refractivity contribution in [3.05, 3.63) is 89.6 Å². The van der Waals surface area contributed by atoms with Gasteiger partial charge in [-0.25, -0.2) is 8.42 Å². The largest absolute Gasteiger partial charge is 0.416 e. The van der Waals surface area contributed by atoms with Crippen molar-refractivity contribution in [1.82, 2.24) is 9.29 Å². The molecular formula is C26H22ClF3N4O2S. The van der Waals surface area contributed by atoms with E-state index in [4.69, 9.17) is 11.6 Å². The van der Waals surface area contributed by atoms with Gasteiger partial charge < -0.3 is 10.2 Å². The van der Waals surface area contributed by atoms with Gasteiger partial charge in [0.15, 0.2) is 0 Å². The number of nitrogens with zero attached hydrogens (tertiary/aromatic N) is 3. The van der Waals surface area contributed by atoms with Gasteiger partial charge in [0.2, 0.25) is 10.0 Å². The second-order valence-corrected chi connectivity index (χ2v) is 11.0. The van der Waals surface area contributed by atoms with Crippen LogP contribution in [0.1, 0.15) is 5.56 Å². The second kappa shape index (κ2) is 9.85. The minimum Gasteiger partial charge on any atom is -0.369 e. The molecule has 2 heterocycles. The van der Waals surface area contributed by atoms with E-state index in [1.54, 1.807) is 24.3 Å². The molecule has 0 radical (unpaired) electrons. The van der Waals surface area contributed by atoms with Crippen LogP contribution in [0.3, 0.4) is 0 Å². The Morgan fingerprint density at radius 3 is 2.30 bits per heavy atom. The maximum absolute atomic E-state index is 13.2. The van der Waals surface area contributed by atoms with Crippen LogP contribution in [0, 0.1) is 0 Å². The number of hydrogen-bond donors (Lipinski definition) is 1. The van der Waals surface area contributed by atoms with E-state index in [-0.39, 0.29) is 10.4 Å². The zero-order chi connectivity index (χ0) is 26.2. The van der Waals surface area contributed by atoms with Gasteiger partial charge in [0, 0.05) is 59.8 Å². The van der Waals surface area contributed by atoms with Gasteiger partial charge in [-0.2, -0.15) is 17.5 Å². The molecular weight excluding hydrogens is 525 g/mol. The minimum atomic E-state index is -4.46. The number of sulfonamides is 1. The first-order chi connectivity index (χ1) is 17.6. The molecule has 1 saturated heterocycles. The number of nitrogens with one attached hydrogen (secondary N) is 1. The molecule has 37 heavy (non-hydrogen) atoms. The maximum atomic E-state index is 13.2. The fourth-order valence-electron chi connectivity index (χ4n) is 4.31. The summed E-state index contributed by atoms with van der Waals surface area (Å²) in [7, 11) is -3.68. The number of alkyl halides is 3. The number of aromatic nitrogens is 1. The predicted octanol–water partition coefficient (Wildman–Crippen LogP) is 6.16. The molecule has 1 aliphatic rings. The van der Waals surface area contributed by atoms with Crippen molar-refractivity contribution in [3.63, 3.8) is 0 Å². The summed E-state index contributed by atoms with van der Waals surface area (Å²) in [4.78, 5) is 6.32. The molecule has 1 aromatic heterocycles. The smallest absolute Gasteiger partial charge is 0.369 e. The molecule has 0 unspecified atom stereocenters. The molecule has 1 fully saturated rings. The molecule has 192 valence electrons. The van der Waals surface area contributed by atoms with Crippen LogP contribution in [0.15, 0.2) is 83.9 Å². The number of hydrogen-bond acceptors (Lipinski definition) is 5. The van der Waals surface area contributed by atoms with E-state index in [1.165, 1.54) is 28.7 Å². The lowest BCUT2D eigenvalue weighted by molar-refractivity contribution is -0.137. The van der Waals surface area contributed by atoms with Crippen molar-refractivity contribution in [1.29, 1.82) is 0 Å². The molecule has 0 saturated carbocycles. The third-order valence-electron chi connectivity index (χ3n) is 6.25. The summed E-state index contributed by atoms with van der Waals surface area (Å²) in [5.41, 5.74) is 1.55. The third kappa shape index (κ3) is 5.36. The topological polar surface area (TPSA) is 65.5 Å². The Morgan fingerprint density at radius 1 is 0.892 bits per heavy atom. The van der Waals surface area contributed by atoms with Crippen LogP contribution in [0.25, 0.3) is 10.9 Å². The first-order valence-electron chi connectivity index (χ1n) is 11.4. The summed E-state index contributed by atoms with van der Waals surface area (Å²) >= 11 is 6.08. The van der Waals surface area contributed by atoms with Crippen LogP contribution in [0.2, 0.25) is 5.02 Å². The molecule has 0 amide bonds. The number of anilines is 3. The fourth-order valence-corrected chi connectivity index (χ4v) is 5.91. The van der Waals surface area contributed by atoms with E-state index in [2.05, 4.69) is 15.2 Å². The van der Waals surface area contributed by atoms with Crippen molar-refractivity contribution in [2.45, 2.75) is 11.1 Å². The summed E-state index contributed by atoms with van der Waals surface area (Å²) in [5, 5.41) is 4.29. The lowest BCUT2D eigenvalue weighted by atomic mass is 10.1. The van der Waals surface area contributed by atoms with Crippen molar-refractivity contribution in [2.24, 2.45) is 0 Å². The van der Waals surface area contributed by atoms with Gasteiger partial charge in [-0.15, -0.1) is 0 Å². The molecule has 0 aliphatic carbocycles. The highest BCUT2D eigenvalue weighted by Gasteiger charge is 2.31. The predicted molar refractivity (Wildman–Crippen MR) is 139 cm³/mol. The van der Waals surface area contributed by atoms with Crippen molar-refractivity contribution >= 4 is 49.6 Å². The Balaban J connectivity index is 1.29. The van der Waals surface area contributed by atoms with Gasteiger partial charge in [0.05, 0.1) is 16.0 Å². The standard InChI is InChI=1S/C26H22ClF3N4O2S/c27-19-2-1-3-21(17-19)33-12-14-34(15-13-33)37(35,36)22-7-5-20(6-8-22)32-24-10-11-31-25-16-18(26(28,29)30)4-9-23(24)25/h1-11,16-17H,12-15H2,(H,31,32). The summed E-state index contributed by atoms with van der Waals surface area (Å²) in [6, 6.07) is 18.8. The Labute approximate surface area is 217 Å². The number of rotatable bonds is 5. The maximum Gasteiger partial charge on any atom is 0.416 e. The molecule has 3 aromatic carbocycles. The van der Waals surface area contributed by atoms with Crippen LogP contribution < -0.4 is 10.2 Å². The molecule has 5 rings (SSSR count). The van der Waals surface area contributed by atoms with E-state index < -0.39 is 21.8 Å². The van der Waals surface area contributed by atoms with Crippen molar-refractivity contribution in [2.75, 3.05) is 36.4 Å². The molecule has 1 N–H and O–H groups in total. The van der Waals surface area contributed by atoms with Crippen LogP contribution in [-0.4, -0.2) is 43.9 Å². The number of piperazine rings is 1. The van der Waals surface area contributed by atoms with E-state index in [9.17, 15) is 21.6 Å². The highest BCUT2D eigenvalue weighted by molar-refractivity contribution is 7.89. The zero-order valence-electron chi connectivity index (χ0n) is 19.4. The summed E-state index contributed by atoms with van der Waals surface area (Å²) < 4.78 is 67.0. The number of halogens is 4. The SMILES string of the molecule is O=S(=O)(c1ccc(Nc2ccnc3cc(C(F)(F)F)ccc23)cc1)N1CCN(c2cccc(Cl)c2)CC1. The highest BCUT2D eigenvalue weighted by Crippen LogP contribution is 2.33. The monoisotopic (exact) mass is 546 g/mol. The molecule has 0 spiro atoms. The normalized spacial score (nSPS) is 15.2. The van der Waals surface area contributed by atoms with E-state index in [0.717, 1.165) is 17.8 Å². The van der Waals surface area contributed by atoms with E-state index in [0.29, 0.717) is 48.0 Å². The van der Waals surface area contributed by atoms with Gasteiger partial charge in [-0.3, -0.25) is 4.98 Å². The molecule has 4 aromatic rings. The van der Waals surface area contributed by atoms with Gasteiger partial charge >= 0.3 is 6.18 Å². The average Bonchev–Trinajstić information content (AvgIpc) is 2.88. The number of benzene rings is 3. The quantitative estimate of drug-likeness (QED) is 0.325. The molecule has 6 nitrogen and oxygen atoms in total. The lowest BCUT2D eigenvalue weighted by Gasteiger charge is -2.35. The Hall–Kier alpha value is -3.34. The highest BCUT2D eigenvalue weighted by atomic mass is 35.5. The Kier molecular flexibility index (Phi) is 6.74. The molecule has 11 heteroatoms. The van der Waals surface area contributed by atoms with E-state index in [1.807, 2.05) is 18.2 Å². The van der Waals surface area contributed by atoms with Gasteiger partial charge in [-0.1, -0.05) is 23.7 Å². The van der Waals surface area contributed by atoms with Crippen LogP contribution in [-0.2, 0) is 16.2 Å². The van der Waals surface area contributed by atoms with Gasteiger partial charge in [0.1, 0.15) is 0 Å². The number of fused-ring (bicyclic) bond motifs is 1. The summed E-state index contributed by atoms with van der Waals surface area (Å²) in [6.45, 7) is 1.78. The molecule has 0 bridgehead atoms. The fraction of sp³-hybridized carbons (Fsp3) is 0.192. The molecule has 0 atom stereocenters. The van der Waals surface area contributed by atoms with Crippen LogP contribution in [0.4, 0.5) is 30.2 Å². The first kappa shape index (κ1) is 25.3. The lowest BCUT2D eigenvalue weighted by Crippen LogP contribution is -2.48. The van der Waals surface area contributed by atoms with Gasteiger partial charge in [-0.05, 0) is 60.7 Å². The average molecular weight is 547 g/mol. The van der Waals surface area contributed by atoms with Crippen molar-refractivity contribution in [3.8, 4) is 0 Å². The minimum absolute atomic E-state index is 0.170. The van der Waals surface area contributed by atoms with E-state index >= 15 is 0 Å². The number of pyridine rings is 1. The summed E-state index contributed by atoms with van der Waals surface area (Å²) in [5.74, 6) is 0. The van der Waals surface area contributed by atoms with Crippen LogP contribution in [0.5, 0.6) is 0 Å². The molecule has 1 aliphatic heterocycles. The van der Waals surface area contributed by atoms with Crippen molar-refractivity contribution < 1.29 is 21.6 Å².